The Balaban J connectivity index is 1.94. The van der Waals surface area contributed by atoms with E-state index in [1.54, 1.807) is 17.9 Å². The Bertz CT molecular complexity index is 693. The predicted molar refractivity (Wildman–Crippen MR) is 91.1 cm³/mol. The number of hydrogen-bond donors (Lipinski definition) is 2. The van der Waals surface area contributed by atoms with Crippen LogP contribution < -0.4 is 10.7 Å². The number of anilines is 1. The van der Waals surface area contributed by atoms with Gasteiger partial charge in [0.25, 0.3) is 0 Å². The maximum Gasteiger partial charge on any atom is 0.191 e. The fraction of sp³-hybridized carbons (Fsp3) is 0.214. The van der Waals surface area contributed by atoms with Gasteiger partial charge in [0.05, 0.1) is 11.2 Å². The highest BCUT2D eigenvalue weighted by molar-refractivity contribution is 7.80. The number of benzene rings is 1. The summed E-state index contributed by atoms with van der Waals surface area (Å²) in [6.45, 7) is 4.07. The average molecular weight is 322 g/mol. The molecule has 0 fully saturated rings. The van der Waals surface area contributed by atoms with Gasteiger partial charge in [-0.1, -0.05) is 29.3 Å². The minimum absolute atomic E-state index is 0.408. The van der Waals surface area contributed by atoms with Crippen LogP contribution in [0.2, 0.25) is 5.02 Å². The summed E-state index contributed by atoms with van der Waals surface area (Å²) in [5.74, 6) is 0. The Morgan fingerprint density at radius 2 is 2.19 bits per heavy atom. The van der Waals surface area contributed by atoms with Crippen molar-refractivity contribution in [1.29, 1.82) is 0 Å². The minimum Gasteiger partial charge on any atom is -0.331 e. The molecule has 0 spiro atoms. The first-order valence-corrected chi connectivity index (χ1v) is 7.11. The molecule has 0 unspecified atom stereocenters. The molecule has 7 heteroatoms. The number of nitrogens with one attached hydrogen (secondary N) is 2. The normalized spacial score (nSPS) is 10.9. The molecule has 0 aliphatic heterocycles. The summed E-state index contributed by atoms with van der Waals surface area (Å²) in [6, 6.07) is 6.09. The van der Waals surface area contributed by atoms with E-state index in [0.717, 1.165) is 11.3 Å². The summed E-state index contributed by atoms with van der Waals surface area (Å²) in [5, 5.41) is 12.2. The first kappa shape index (κ1) is 15.5. The van der Waals surface area contributed by atoms with Crippen molar-refractivity contribution in [3.05, 3.63) is 46.2 Å². The SMILES string of the molecule is Cc1ccc(NC(=S)N/N=C/c2nn(C)cc2Cl)c(C)c1. The number of rotatable bonds is 3. The van der Waals surface area contributed by atoms with E-state index in [-0.39, 0.29) is 0 Å². The molecule has 0 amide bonds. The van der Waals surface area contributed by atoms with E-state index in [0.29, 0.717) is 15.8 Å². The third-order valence-corrected chi connectivity index (χ3v) is 3.28. The molecule has 5 nitrogen and oxygen atoms in total. The van der Waals surface area contributed by atoms with Crippen LogP contribution in [0.1, 0.15) is 16.8 Å². The zero-order valence-corrected chi connectivity index (χ0v) is 13.6. The van der Waals surface area contributed by atoms with Crippen LogP contribution in [0.3, 0.4) is 0 Å². The second-order valence-electron chi connectivity index (χ2n) is 4.68. The molecule has 2 N–H and O–H groups in total. The molecule has 0 aliphatic rings. The highest BCUT2D eigenvalue weighted by atomic mass is 35.5. The van der Waals surface area contributed by atoms with E-state index in [2.05, 4.69) is 27.0 Å². The molecule has 1 heterocycles. The average Bonchev–Trinajstić information content (AvgIpc) is 2.71. The number of hydrazone groups is 1. The quantitative estimate of drug-likeness (QED) is 0.518. The van der Waals surface area contributed by atoms with Crippen LogP contribution >= 0.6 is 23.8 Å². The van der Waals surface area contributed by atoms with Crippen molar-refractivity contribution >= 4 is 40.8 Å². The number of hydrogen-bond acceptors (Lipinski definition) is 3. The van der Waals surface area contributed by atoms with E-state index in [1.807, 2.05) is 26.0 Å². The molecule has 2 rings (SSSR count). The molecule has 0 bridgehead atoms. The molecule has 1 aromatic heterocycles. The zero-order chi connectivity index (χ0) is 15.4. The Morgan fingerprint density at radius 3 is 2.81 bits per heavy atom. The number of thiocarbonyl (C=S) groups is 1. The Hall–Kier alpha value is -1.92. The summed E-state index contributed by atoms with van der Waals surface area (Å²) < 4.78 is 1.62. The van der Waals surface area contributed by atoms with Crippen molar-refractivity contribution in [3.63, 3.8) is 0 Å². The minimum atomic E-state index is 0.408. The summed E-state index contributed by atoms with van der Waals surface area (Å²) in [4.78, 5) is 0. The lowest BCUT2D eigenvalue weighted by atomic mass is 10.1. The Labute approximate surface area is 134 Å². The molecule has 1 aromatic carbocycles. The molecule has 2 aromatic rings. The van der Waals surface area contributed by atoms with Crippen molar-refractivity contribution in [2.75, 3.05) is 5.32 Å². The van der Waals surface area contributed by atoms with Crippen molar-refractivity contribution in [2.45, 2.75) is 13.8 Å². The number of aromatic nitrogens is 2. The molecular weight excluding hydrogens is 306 g/mol. The van der Waals surface area contributed by atoms with Gasteiger partial charge < -0.3 is 5.32 Å². The molecule has 0 atom stereocenters. The lowest BCUT2D eigenvalue weighted by molar-refractivity contribution is 0.765. The van der Waals surface area contributed by atoms with Crippen molar-refractivity contribution < 1.29 is 0 Å². The van der Waals surface area contributed by atoms with Gasteiger partial charge in [0.15, 0.2) is 5.11 Å². The third kappa shape index (κ3) is 4.27. The van der Waals surface area contributed by atoms with Gasteiger partial charge in [0.1, 0.15) is 5.69 Å². The molecule has 21 heavy (non-hydrogen) atoms. The summed E-state index contributed by atoms with van der Waals surface area (Å²) in [7, 11) is 1.79. The molecule has 0 saturated heterocycles. The fourth-order valence-electron chi connectivity index (χ4n) is 1.82. The van der Waals surface area contributed by atoms with E-state index < -0.39 is 0 Å². The van der Waals surface area contributed by atoms with E-state index in [9.17, 15) is 0 Å². The molecule has 0 saturated carbocycles. The van der Waals surface area contributed by atoms with Gasteiger partial charge >= 0.3 is 0 Å². The summed E-state index contributed by atoms with van der Waals surface area (Å²) >= 11 is 11.2. The van der Waals surface area contributed by atoms with Gasteiger partial charge in [-0.15, -0.1) is 0 Å². The van der Waals surface area contributed by atoms with Crippen LogP contribution in [0.25, 0.3) is 0 Å². The Morgan fingerprint density at radius 1 is 1.43 bits per heavy atom. The summed E-state index contributed by atoms with van der Waals surface area (Å²) in [6.07, 6.45) is 3.23. The highest BCUT2D eigenvalue weighted by Gasteiger charge is 2.03. The van der Waals surface area contributed by atoms with Crippen molar-refractivity contribution in [2.24, 2.45) is 12.1 Å². The Kier molecular flexibility index (Phi) is 4.93. The van der Waals surface area contributed by atoms with E-state index in [1.165, 1.54) is 11.8 Å². The third-order valence-electron chi connectivity index (χ3n) is 2.79. The predicted octanol–water partition coefficient (Wildman–Crippen LogP) is 3.01. The van der Waals surface area contributed by atoms with Crippen LogP contribution in [0.15, 0.2) is 29.5 Å². The highest BCUT2D eigenvalue weighted by Crippen LogP contribution is 2.15. The van der Waals surface area contributed by atoms with Crippen LogP contribution in [0, 0.1) is 13.8 Å². The number of aryl methyl sites for hydroxylation is 3. The number of nitrogens with zero attached hydrogens (tertiary/aromatic N) is 3. The van der Waals surface area contributed by atoms with Gasteiger partial charge in [0, 0.05) is 18.9 Å². The maximum absolute atomic E-state index is 5.97. The van der Waals surface area contributed by atoms with Crippen LogP contribution in [-0.4, -0.2) is 21.1 Å². The van der Waals surface area contributed by atoms with Gasteiger partial charge in [-0.2, -0.15) is 10.2 Å². The smallest absolute Gasteiger partial charge is 0.191 e. The number of halogens is 1. The lowest BCUT2D eigenvalue weighted by Crippen LogP contribution is -2.24. The van der Waals surface area contributed by atoms with E-state index >= 15 is 0 Å². The van der Waals surface area contributed by atoms with Crippen molar-refractivity contribution in [1.82, 2.24) is 15.2 Å². The summed E-state index contributed by atoms with van der Waals surface area (Å²) in [5.41, 5.74) is 6.60. The lowest BCUT2D eigenvalue weighted by Gasteiger charge is -2.10. The van der Waals surface area contributed by atoms with Gasteiger partial charge in [0.2, 0.25) is 0 Å². The van der Waals surface area contributed by atoms with E-state index in [4.69, 9.17) is 23.8 Å². The standard InChI is InChI=1S/C14H16ClN5S/c1-9-4-5-12(10(2)6-9)17-14(21)18-16-7-13-11(15)8-20(3)19-13/h4-8H,1-3H3,(H2,17,18,21)/b16-7+. The first-order valence-electron chi connectivity index (χ1n) is 6.32. The fourth-order valence-corrected chi connectivity index (χ4v) is 2.21. The second kappa shape index (κ2) is 6.69. The van der Waals surface area contributed by atoms with Crippen LogP contribution in [0.5, 0.6) is 0 Å². The topological polar surface area (TPSA) is 54.2 Å². The van der Waals surface area contributed by atoms with Gasteiger partial charge in [-0.3, -0.25) is 10.1 Å². The zero-order valence-electron chi connectivity index (χ0n) is 12.0. The van der Waals surface area contributed by atoms with Crippen molar-refractivity contribution in [3.8, 4) is 0 Å². The molecule has 110 valence electrons. The maximum atomic E-state index is 5.97. The van der Waals surface area contributed by atoms with Crippen LogP contribution in [0.4, 0.5) is 5.69 Å². The van der Waals surface area contributed by atoms with Gasteiger partial charge in [-0.05, 0) is 37.7 Å². The molecular formula is C14H16ClN5S. The van der Waals surface area contributed by atoms with Gasteiger partial charge in [-0.25, -0.2) is 0 Å². The van der Waals surface area contributed by atoms with Crippen LogP contribution in [-0.2, 0) is 7.05 Å². The monoisotopic (exact) mass is 321 g/mol. The first-order chi connectivity index (χ1) is 9.95. The largest absolute Gasteiger partial charge is 0.331 e. The molecule has 0 aliphatic carbocycles. The molecule has 0 radical (unpaired) electrons. The second-order valence-corrected chi connectivity index (χ2v) is 5.49.